The number of aryl methyl sites for hydroxylation is 2. The molecular weight excluding hydrogens is 855 g/mol. The van der Waals surface area contributed by atoms with Gasteiger partial charge in [0.25, 0.3) is 0 Å². The summed E-state index contributed by atoms with van der Waals surface area (Å²) >= 11 is 3.55. The lowest BCUT2D eigenvalue weighted by molar-refractivity contribution is 0.404. The summed E-state index contributed by atoms with van der Waals surface area (Å²) in [7, 11) is -1.47. The van der Waals surface area contributed by atoms with Crippen LogP contribution in [0.25, 0.3) is 11.1 Å². The first-order valence-corrected chi connectivity index (χ1v) is 22.7. The molecule has 2 aromatic carbocycles. The second kappa shape index (κ2) is 25.5. The Balaban J connectivity index is 0.000000279. The van der Waals surface area contributed by atoms with Gasteiger partial charge in [-0.25, -0.2) is 19.9 Å². The third-order valence-corrected chi connectivity index (χ3v) is 12.9. The summed E-state index contributed by atoms with van der Waals surface area (Å²) in [5.41, 5.74) is 9.73. The molecule has 6 N–H and O–H groups in total. The van der Waals surface area contributed by atoms with Crippen LogP contribution in [-0.2, 0) is 12.8 Å². The molecule has 4 atom stereocenters. The molecule has 6 rings (SSSR count). The average Bonchev–Trinajstić information content (AvgIpc) is 3.24. The van der Waals surface area contributed by atoms with E-state index in [1.165, 1.54) is 36.2 Å². The molecule has 4 aromatic rings. The van der Waals surface area contributed by atoms with Gasteiger partial charge in [0, 0.05) is 64.3 Å². The maximum atomic E-state index is 11.4. The quantitative estimate of drug-likeness (QED) is 0.0406. The maximum absolute atomic E-state index is 11.4. The van der Waals surface area contributed by atoms with Crippen LogP contribution >= 0.6 is 15.9 Å². The number of allylic oxidation sites excluding steroid dienone is 6. The van der Waals surface area contributed by atoms with Crippen LogP contribution in [-0.4, -0.2) is 57.5 Å². The van der Waals surface area contributed by atoms with Crippen molar-refractivity contribution in [2.45, 2.75) is 138 Å². The first kappa shape index (κ1) is 52.6. The van der Waals surface area contributed by atoms with Gasteiger partial charge in [-0.2, -0.15) is 0 Å². The van der Waals surface area contributed by atoms with E-state index >= 15 is 0 Å². The fraction of sp³-hybridized carbons (Fsp3) is 0.451. The second-order valence-electron chi connectivity index (χ2n) is 17.0. The number of benzene rings is 2. The lowest BCUT2D eigenvalue weighted by atomic mass is 9.73. The molecule has 2 aromatic heterocycles. The molecule has 12 heteroatoms. The van der Waals surface area contributed by atoms with Crippen molar-refractivity contribution >= 4 is 28.5 Å². The van der Waals surface area contributed by atoms with E-state index in [9.17, 15) is 20.4 Å². The SMILES string of the molecule is C.C=C(C)[C@@H]1CCC(C)=C[C@H]1c1c(O)cc(CCCCC)c(-c2cncnc2)c1O.C=C(C)[C@@H]1CCC(C)=C[C@H]1c1c(O)cc(CCCCC)c(Br)c1O.OB(O)c1cncnc1. The molecule has 340 valence electrons. The van der Waals surface area contributed by atoms with Crippen molar-refractivity contribution in [3.63, 3.8) is 0 Å². The van der Waals surface area contributed by atoms with Crippen molar-refractivity contribution in [2.75, 3.05) is 0 Å². The smallest absolute Gasteiger partial charge is 0.491 e. The molecule has 2 aliphatic carbocycles. The fourth-order valence-electron chi connectivity index (χ4n) is 8.59. The zero-order valence-corrected chi connectivity index (χ0v) is 39.0. The van der Waals surface area contributed by atoms with Crippen molar-refractivity contribution in [3.05, 3.63) is 124 Å². The lowest BCUT2D eigenvalue weighted by Gasteiger charge is -2.32. The number of halogens is 1. The van der Waals surface area contributed by atoms with Gasteiger partial charge in [-0.1, -0.05) is 94.6 Å². The van der Waals surface area contributed by atoms with E-state index in [1.54, 1.807) is 12.4 Å². The van der Waals surface area contributed by atoms with E-state index in [1.807, 2.05) is 26.0 Å². The Morgan fingerprint density at radius 2 is 1.11 bits per heavy atom. The predicted molar refractivity (Wildman–Crippen MR) is 261 cm³/mol. The van der Waals surface area contributed by atoms with E-state index in [0.717, 1.165) is 115 Å². The van der Waals surface area contributed by atoms with Crippen LogP contribution in [0.5, 0.6) is 23.0 Å². The number of nitrogens with zero attached hydrogens (tertiary/aromatic N) is 4. The Kier molecular flexibility index (Phi) is 21.3. The Hall–Kier alpha value is -4.78. The highest BCUT2D eigenvalue weighted by Gasteiger charge is 2.33. The number of phenols is 4. The predicted octanol–water partition coefficient (Wildman–Crippen LogP) is 11.7. The van der Waals surface area contributed by atoms with Crippen molar-refractivity contribution in [2.24, 2.45) is 11.8 Å². The Morgan fingerprint density at radius 1 is 0.683 bits per heavy atom. The summed E-state index contributed by atoms with van der Waals surface area (Å²) in [6.07, 6.45) is 25.6. The molecule has 0 spiro atoms. The van der Waals surface area contributed by atoms with Crippen molar-refractivity contribution in [3.8, 4) is 34.1 Å². The molecular formula is C51H70BBrN4O6. The summed E-state index contributed by atoms with van der Waals surface area (Å²) < 4.78 is 0.725. The van der Waals surface area contributed by atoms with Crippen molar-refractivity contribution in [1.82, 2.24) is 19.9 Å². The highest BCUT2D eigenvalue weighted by Crippen LogP contribution is 2.51. The van der Waals surface area contributed by atoms with E-state index in [0.29, 0.717) is 16.6 Å². The van der Waals surface area contributed by atoms with Gasteiger partial charge in [0.1, 0.15) is 35.7 Å². The van der Waals surface area contributed by atoms with Gasteiger partial charge >= 0.3 is 7.12 Å². The number of hydrogen-bond acceptors (Lipinski definition) is 10. The zero-order chi connectivity index (χ0) is 45.5. The van der Waals surface area contributed by atoms with Gasteiger partial charge in [-0.3, -0.25) is 0 Å². The molecule has 0 amide bonds. The molecule has 0 bridgehead atoms. The Bertz CT molecular complexity index is 2180. The van der Waals surface area contributed by atoms with E-state index < -0.39 is 7.12 Å². The van der Waals surface area contributed by atoms with Crippen LogP contribution in [0.15, 0.2) is 102 Å². The number of hydrogen-bond donors (Lipinski definition) is 6. The summed E-state index contributed by atoms with van der Waals surface area (Å²) in [5.74, 6) is 1.04. The number of rotatable bonds is 14. The number of aromatic nitrogens is 4. The summed E-state index contributed by atoms with van der Waals surface area (Å²) in [5, 5.41) is 60.8. The lowest BCUT2D eigenvalue weighted by Crippen LogP contribution is -2.30. The summed E-state index contributed by atoms with van der Waals surface area (Å²) in [6, 6.07) is 3.66. The molecule has 0 radical (unpaired) electrons. The molecule has 0 aliphatic heterocycles. The monoisotopic (exact) mass is 924 g/mol. The molecule has 0 saturated heterocycles. The molecule has 2 aliphatic rings. The third kappa shape index (κ3) is 14.1. The highest BCUT2D eigenvalue weighted by molar-refractivity contribution is 9.10. The maximum Gasteiger partial charge on any atom is 0.491 e. The first-order valence-electron chi connectivity index (χ1n) is 21.9. The average molecular weight is 926 g/mol. The molecule has 63 heavy (non-hydrogen) atoms. The largest absolute Gasteiger partial charge is 0.507 e. The van der Waals surface area contributed by atoms with E-state index in [2.05, 4.69) is 88.9 Å². The normalized spacial score (nSPS) is 18.0. The molecule has 0 unspecified atom stereocenters. The zero-order valence-electron chi connectivity index (χ0n) is 37.4. The van der Waals surface area contributed by atoms with Gasteiger partial charge < -0.3 is 30.5 Å². The molecule has 0 fully saturated rings. The first-order chi connectivity index (χ1) is 29.6. The molecule has 10 nitrogen and oxygen atoms in total. The Morgan fingerprint density at radius 3 is 1.54 bits per heavy atom. The minimum Gasteiger partial charge on any atom is -0.507 e. The number of unbranched alkanes of at least 4 members (excludes halogenated alkanes) is 4. The minimum atomic E-state index is -1.47. The standard InChI is InChI=1S/C25H32N2O2.C21H29BrO2.C4H5BN2O2.CH4/c1-5-6-7-8-18-12-22(28)24(21-11-17(4)9-10-20(21)16(2)3)25(29)23(18)19-13-26-15-27-14-19;1-5-6-7-8-15-12-18(23)19(21(24)20(15)22)17-11-14(4)9-10-16(17)13(2)3;8-5(9)4-1-6-3-7-2-4;/h11-15,20-21,28-29H,2,5-10H2,1,3-4H3;11-12,16-17,23-24H,2,5-10H2,1,3-4H3;1-3,8-9H;1H4/t20-,21+;16-,17+;;/m00../s1. The summed E-state index contributed by atoms with van der Waals surface area (Å²) in [4.78, 5) is 15.4. The second-order valence-corrected chi connectivity index (χ2v) is 17.8. The van der Waals surface area contributed by atoms with Crippen molar-refractivity contribution < 1.29 is 30.5 Å². The third-order valence-electron chi connectivity index (χ3n) is 12.0. The van der Waals surface area contributed by atoms with Crippen LogP contribution in [0.3, 0.4) is 0 Å². The Labute approximate surface area is 385 Å². The fourth-order valence-corrected chi connectivity index (χ4v) is 9.12. The van der Waals surface area contributed by atoms with Gasteiger partial charge in [0.05, 0.1) is 4.47 Å². The van der Waals surface area contributed by atoms with Crippen molar-refractivity contribution in [1.29, 1.82) is 0 Å². The van der Waals surface area contributed by atoms with Gasteiger partial charge in [0.15, 0.2) is 0 Å². The van der Waals surface area contributed by atoms with Crippen LogP contribution in [0.1, 0.15) is 147 Å². The van der Waals surface area contributed by atoms with Crippen LogP contribution in [0.2, 0.25) is 0 Å². The molecule has 2 heterocycles. The van der Waals surface area contributed by atoms with E-state index in [4.69, 9.17) is 10.0 Å². The number of aromatic hydroxyl groups is 4. The van der Waals surface area contributed by atoms with Gasteiger partial charge in [-0.05, 0) is 130 Å². The molecule has 0 saturated carbocycles. The summed E-state index contributed by atoms with van der Waals surface area (Å²) in [6.45, 7) is 20.9. The van der Waals surface area contributed by atoms with Crippen LogP contribution < -0.4 is 5.46 Å². The highest BCUT2D eigenvalue weighted by atomic mass is 79.9. The van der Waals surface area contributed by atoms with Gasteiger partial charge in [0.2, 0.25) is 0 Å². The van der Waals surface area contributed by atoms with Crippen LogP contribution in [0.4, 0.5) is 0 Å². The topological polar surface area (TPSA) is 173 Å². The van der Waals surface area contributed by atoms with Gasteiger partial charge in [-0.15, -0.1) is 0 Å². The minimum absolute atomic E-state index is 0. The van der Waals surface area contributed by atoms with E-state index in [-0.39, 0.29) is 54.1 Å². The van der Waals surface area contributed by atoms with Crippen LogP contribution in [0, 0.1) is 11.8 Å². The number of phenolic OH excluding ortho intramolecular Hbond substituents is 4.